The highest BCUT2D eigenvalue weighted by molar-refractivity contribution is 7.85. The molecule has 2 nitrogen and oxygen atoms in total. The van der Waals surface area contributed by atoms with Crippen LogP contribution >= 0.6 is 0 Å². The lowest BCUT2D eigenvalue weighted by Crippen LogP contribution is -2.20. The molecule has 4 heteroatoms. The molecular formula is C13H18FNOS. The summed E-state index contributed by atoms with van der Waals surface area (Å²) in [7, 11) is -1.36. The smallest absolute Gasteiger partial charge is 0.145 e. The van der Waals surface area contributed by atoms with Crippen molar-refractivity contribution in [3.63, 3.8) is 0 Å². The van der Waals surface area contributed by atoms with Crippen LogP contribution in [0.1, 0.15) is 38.8 Å². The maximum absolute atomic E-state index is 13.6. The van der Waals surface area contributed by atoms with Gasteiger partial charge in [-0.2, -0.15) is 4.40 Å². The molecule has 1 aromatic rings. The molecule has 1 atom stereocenters. The summed E-state index contributed by atoms with van der Waals surface area (Å²) in [6.45, 7) is 9.09. The van der Waals surface area contributed by atoms with Gasteiger partial charge >= 0.3 is 0 Å². The van der Waals surface area contributed by atoms with Gasteiger partial charge in [0.05, 0.1) is 10.5 Å². The zero-order chi connectivity index (χ0) is 13.2. The quantitative estimate of drug-likeness (QED) is 0.745. The fourth-order valence-electron chi connectivity index (χ4n) is 1.23. The minimum absolute atomic E-state index is 0.331. The molecule has 0 aliphatic rings. The lowest BCUT2D eigenvalue weighted by atomic mass is 10.1. The van der Waals surface area contributed by atoms with E-state index in [0.717, 1.165) is 5.56 Å². The van der Waals surface area contributed by atoms with E-state index in [4.69, 9.17) is 0 Å². The second-order valence-corrected chi connectivity index (χ2v) is 6.93. The van der Waals surface area contributed by atoms with Crippen LogP contribution in [0.5, 0.6) is 0 Å². The third-order valence-electron chi connectivity index (χ3n) is 2.26. The van der Waals surface area contributed by atoms with Gasteiger partial charge in [0.15, 0.2) is 0 Å². The second kappa shape index (κ2) is 5.08. The Hall–Kier alpha value is -1.03. The zero-order valence-electron chi connectivity index (χ0n) is 10.9. The number of aryl methyl sites for hydroxylation is 1. The van der Waals surface area contributed by atoms with Crippen LogP contribution in [0.15, 0.2) is 22.6 Å². The van der Waals surface area contributed by atoms with Crippen LogP contribution in [0.2, 0.25) is 0 Å². The molecule has 1 aromatic carbocycles. The maximum atomic E-state index is 13.6. The van der Waals surface area contributed by atoms with Gasteiger partial charge in [0.2, 0.25) is 0 Å². The molecule has 0 aromatic heterocycles. The van der Waals surface area contributed by atoms with Crippen LogP contribution in [-0.2, 0) is 11.0 Å². The number of rotatable bonds is 2. The Bertz CT molecular complexity index is 475. The molecule has 0 saturated carbocycles. The van der Waals surface area contributed by atoms with E-state index in [0.29, 0.717) is 11.3 Å². The molecule has 0 radical (unpaired) electrons. The van der Waals surface area contributed by atoms with Crippen molar-refractivity contribution in [2.24, 2.45) is 4.40 Å². The third-order valence-corrected chi connectivity index (χ3v) is 3.74. The first kappa shape index (κ1) is 14.0. The lowest BCUT2D eigenvalue weighted by Gasteiger charge is -2.14. The number of hydrogen-bond acceptors (Lipinski definition) is 1. The fourth-order valence-corrected chi connectivity index (χ4v) is 1.85. The van der Waals surface area contributed by atoms with Crippen LogP contribution in [-0.4, -0.2) is 14.7 Å². The summed E-state index contributed by atoms with van der Waals surface area (Å²) in [5.74, 6) is -0.331. The van der Waals surface area contributed by atoms with Crippen molar-refractivity contribution in [2.45, 2.75) is 39.4 Å². The molecular weight excluding hydrogens is 237 g/mol. The van der Waals surface area contributed by atoms with E-state index in [9.17, 15) is 8.60 Å². The third kappa shape index (κ3) is 3.73. The van der Waals surface area contributed by atoms with Gasteiger partial charge in [-0.1, -0.05) is 11.6 Å². The summed E-state index contributed by atoms with van der Waals surface area (Å²) in [6, 6.07) is 4.82. The van der Waals surface area contributed by atoms with E-state index in [1.165, 1.54) is 6.07 Å². The topological polar surface area (TPSA) is 29.4 Å². The van der Waals surface area contributed by atoms with E-state index in [2.05, 4.69) is 4.40 Å². The van der Waals surface area contributed by atoms with E-state index in [1.807, 2.05) is 27.7 Å². The molecule has 0 N–H and O–H groups in total. The van der Waals surface area contributed by atoms with E-state index < -0.39 is 15.7 Å². The van der Waals surface area contributed by atoms with E-state index >= 15 is 0 Å². The average molecular weight is 255 g/mol. The molecule has 0 amide bonds. The minimum Gasteiger partial charge on any atom is -0.234 e. The van der Waals surface area contributed by atoms with Gasteiger partial charge in [0, 0.05) is 5.56 Å². The van der Waals surface area contributed by atoms with Crippen molar-refractivity contribution in [3.05, 3.63) is 35.1 Å². The first-order valence-electron chi connectivity index (χ1n) is 5.45. The Kier molecular flexibility index (Phi) is 4.20. The predicted molar refractivity (Wildman–Crippen MR) is 71.2 cm³/mol. The number of hydrogen-bond donors (Lipinski definition) is 0. The van der Waals surface area contributed by atoms with Crippen LogP contribution in [0.3, 0.4) is 0 Å². The molecule has 0 spiro atoms. The molecule has 0 aliphatic heterocycles. The van der Waals surface area contributed by atoms with Gasteiger partial charge in [0.25, 0.3) is 0 Å². The lowest BCUT2D eigenvalue weighted by molar-refractivity contribution is 0.624. The molecule has 1 rings (SSSR count). The summed E-state index contributed by atoms with van der Waals surface area (Å²) < 4.78 is 29.1. The summed E-state index contributed by atoms with van der Waals surface area (Å²) in [4.78, 5) is 0. The molecule has 17 heavy (non-hydrogen) atoms. The standard InChI is InChI=1S/C13H18FNOS/c1-9-6-7-12(14)11(8-9)10(2)15-17(16)13(3,4)5/h6-8H,1-5H3/b15-10+/t17-/m0/s1. The zero-order valence-corrected chi connectivity index (χ0v) is 11.7. The minimum atomic E-state index is -1.36. The predicted octanol–water partition coefficient (Wildman–Crippen LogP) is 3.41. The molecule has 0 heterocycles. The number of benzene rings is 1. The van der Waals surface area contributed by atoms with Crippen molar-refractivity contribution in [1.29, 1.82) is 0 Å². The fraction of sp³-hybridized carbons (Fsp3) is 0.462. The van der Waals surface area contributed by atoms with Crippen molar-refractivity contribution in [3.8, 4) is 0 Å². The number of nitrogens with zero attached hydrogens (tertiary/aromatic N) is 1. The highest BCUT2D eigenvalue weighted by atomic mass is 32.2. The molecule has 0 bridgehead atoms. The molecule has 0 unspecified atom stereocenters. The van der Waals surface area contributed by atoms with Crippen LogP contribution < -0.4 is 0 Å². The van der Waals surface area contributed by atoms with Gasteiger partial charge < -0.3 is 0 Å². The monoisotopic (exact) mass is 255 g/mol. The van der Waals surface area contributed by atoms with E-state index in [-0.39, 0.29) is 5.82 Å². The van der Waals surface area contributed by atoms with Crippen molar-refractivity contribution in [1.82, 2.24) is 0 Å². The SMILES string of the molecule is C/C(=N\[S@@](=O)C(C)(C)C)c1cc(C)ccc1F. The van der Waals surface area contributed by atoms with Gasteiger partial charge in [-0.05, 0) is 46.8 Å². The largest absolute Gasteiger partial charge is 0.234 e. The Morgan fingerprint density at radius 1 is 1.35 bits per heavy atom. The number of halogens is 1. The Balaban J connectivity index is 3.12. The van der Waals surface area contributed by atoms with Gasteiger partial charge in [-0.25, -0.2) is 8.60 Å². The normalized spacial score (nSPS) is 14.8. The summed E-state index contributed by atoms with van der Waals surface area (Å²) in [6.07, 6.45) is 0. The second-order valence-electron chi connectivity index (χ2n) is 5.02. The molecule has 0 fully saturated rings. The van der Waals surface area contributed by atoms with E-state index in [1.54, 1.807) is 19.1 Å². The van der Waals surface area contributed by atoms with Gasteiger partial charge in [-0.15, -0.1) is 0 Å². The first-order valence-corrected chi connectivity index (χ1v) is 6.56. The van der Waals surface area contributed by atoms with Gasteiger partial charge in [0.1, 0.15) is 16.8 Å². The van der Waals surface area contributed by atoms with Crippen molar-refractivity contribution >= 4 is 16.7 Å². The summed E-state index contributed by atoms with van der Waals surface area (Å²) in [5, 5.41) is 0. The van der Waals surface area contributed by atoms with Crippen LogP contribution in [0, 0.1) is 12.7 Å². The molecule has 0 aliphatic carbocycles. The Morgan fingerprint density at radius 3 is 2.47 bits per heavy atom. The molecule has 0 saturated heterocycles. The van der Waals surface area contributed by atoms with Crippen LogP contribution in [0.4, 0.5) is 4.39 Å². The van der Waals surface area contributed by atoms with Gasteiger partial charge in [-0.3, -0.25) is 0 Å². The molecule has 94 valence electrons. The average Bonchev–Trinajstić information content (AvgIpc) is 2.20. The highest BCUT2D eigenvalue weighted by Crippen LogP contribution is 2.16. The highest BCUT2D eigenvalue weighted by Gasteiger charge is 2.19. The maximum Gasteiger partial charge on any atom is 0.145 e. The first-order chi connectivity index (χ1) is 7.71. The van der Waals surface area contributed by atoms with Crippen molar-refractivity contribution < 1.29 is 8.60 Å². The van der Waals surface area contributed by atoms with Crippen LogP contribution in [0.25, 0.3) is 0 Å². The Morgan fingerprint density at radius 2 is 1.94 bits per heavy atom. The Labute approximate surface area is 105 Å². The summed E-state index contributed by atoms with van der Waals surface area (Å²) >= 11 is 0. The van der Waals surface area contributed by atoms with Crippen molar-refractivity contribution in [2.75, 3.05) is 0 Å². The summed E-state index contributed by atoms with van der Waals surface area (Å²) in [5.41, 5.74) is 1.85.